The predicted molar refractivity (Wildman–Crippen MR) is 71.8 cm³/mol. The summed E-state index contributed by atoms with van der Waals surface area (Å²) in [6, 6.07) is 12.8. The van der Waals surface area contributed by atoms with Crippen molar-refractivity contribution < 1.29 is 4.42 Å². The molecule has 1 aromatic carbocycles. The Labute approximate surface area is 107 Å². The Hall–Kier alpha value is -1.74. The highest BCUT2D eigenvalue weighted by Gasteiger charge is 2.29. The Morgan fingerprint density at radius 2 is 1.94 bits per heavy atom. The molecule has 2 N–H and O–H groups in total. The summed E-state index contributed by atoms with van der Waals surface area (Å²) in [6.07, 6.45) is 4.30. The second-order valence-electron chi connectivity index (χ2n) is 4.91. The van der Waals surface area contributed by atoms with Gasteiger partial charge in [0.1, 0.15) is 5.76 Å². The molecule has 2 aromatic rings. The predicted octanol–water partition coefficient (Wildman–Crippen LogP) is 3.03. The zero-order valence-electron chi connectivity index (χ0n) is 10.4. The van der Waals surface area contributed by atoms with Crippen LogP contribution in [0.1, 0.15) is 24.2 Å². The van der Waals surface area contributed by atoms with Crippen LogP contribution in [0.25, 0.3) is 0 Å². The zero-order valence-corrected chi connectivity index (χ0v) is 10.4. The van der Waals surface area contributed by atoms with E-state index in [1.807, 2.05) is 30.3 Å². The van der Waals surface area contributed by atoms with Gasteiger partial charge in [0, 0.05) is 18.3 Å². The number of nitrogens with two attached hydrogens (primary N) is 1. The molecule has 1 aliphatic carbocycles. The number of furan rings is 1. The maximum Gasteiger partial charge on any atom is 0.117 e. The SMILES string of the molecule is Nc1ccccc1CN(Cc1ccco1)C1CC1. The van der Waals surface area contributed by atoms with Crippen LogP contribution in [-0.2, 0) is 13.1 Å². The van der Waals surface area contributed by atoms with Crippen molar-refractivity contribution in [2.75, 3.05) is 5.73 Å². The van der Waals surface area contributed by atoms with E-state index >= 15 is 0 Å². The Kier molecular flexibility index (Phi) is 3.07. The van der Waals surface area contributed by atoms with Crippen LogP contribution in [0.3, 0.4) is 0 Å². The molecule has 0 spiro atoms. The molecular formula is C15H18N2O. The van der Waals surface area contributed by atoms with Gasteiger partial charge in [0.15, 0.2) is 0 Å². The van der Waals surface area contributed by atoms with E-state index in [-0.39, 0.29) is 0 Å². The van der Waals surface area contributed by atoms with Crippen LogP contribution in [0.2, 0.25) is 0 Å². The van der Waals surface area contributed by atoms with Crippen molar-refractivity contribution in [3.63, 3.8) is 0 Å². The van der Waals surface area contributed by atoms with Crippen LogP contribution in [0.4, 0.5) is 5.69 Å². The molecule has 1 fully saturated rings. The monoisotopic (exact) mass is 242 g/mol. The van der Waals surface area contributed by atoms with E-state index in [1.54, 1.807) is 6.26 Å². The number of benzene rings is 1. The first-order valence-electron chi connectivity index (χ1n) is 6.43. The molecule has 3 rings (SSSR count). The average molecular weight is 242 g/mol. The summed E-state index contributed by atoms with van der Waals surface area (Å²) < 4.78 is 5.44. The molecule has 3 nitrogen and oxygen atoms in total. The number of hydrogen-bond donors (Lipinski definition) is 1. The van der Waals surface area contributed by atoms with E-state index in [2.05, 4.69) is 11.0 Å². The second kappa shape index (κ2) is 4.86. The Bertz CT molecular complexity index is 503. The lowest BCUT2D eigenvalue weighted by atomic mass is 10.1. The van der Waals surface area contributed by atoms with Crippen molar-refractivity contribution in [1.29, 1.82) is 0 Å². The summed E-state index contributed by atoms with van der Waals surface area (Å²) in [5, 5.41) is 0. The largest absolute Gasteiger partial charge is 0.468 e. The van der Waals surface area contributed by atoms with E-state index < -0.39 is 0 Å². The lowest BCUT2D eigenvalue weighted by Crippen LogP contribution is -2.25. The molecule has 0 unspecified atom stereocenters. The lowest BCUT2D eigenvalue weighted by Gasteiger charge is -2.21. The van der Waals surface area contributed by atoms with Gasteiger partial charge in [0.05, 0.1) is 12.8 Å². The maximum atomic E-state index is 6.01. The van der Waals surface area contributed by atoms with Gasteiger partial charge < -0.3 is 10.2 Å². The molecule has 0 amide bonds. The minimum Gasteiger partial charge on any atom is -0.468 e. The molecule has 1 heterocycles. The van der Waals surface area contributed by atoms with Gasteiger partial charge in [-0.05, 0) is 36.6 Å². The van der Waals surface area contributed by atoms with Gasteiger partial charge >= 0.3 is 0 Å². The fourth-order valence-electron chi connectivity index (χ4n) is 2.25. The number of hydrogen-bond acceptors (Lipinski definition) is 3. The fraction of sp³-hybridized carbons (Fsp3) is 0.333. The number of nitrogens with zero attached hydrogens (tertiary/aromatic N) is 1. The molecule has 0 saturated heterocycles. The third-order valence-corrected chi connectivity index (χ3v) is 3.43. The molecule has 18 heavy (non-hydrogen) atoms. The number of para-hydroxylation sites is 1. The van der Waals surface area contributed by atoms with E-state index in [0.29, 0.717) is 6.04 Å². The van der Waals surface area contributed by atoms with Crippen molar-refractivity contribution in [2.45, 2.75) is 32.0 Å². The Morgan fingerprint density at radius 1 is 1.11 bits per heavy atom. The van der Waals surface area contributed by atoms with E-state index in [4.69, 9.17) is 10.2 Å². The van der Waals surface area contributed by atoms with Gasteiger partial charge in [-0.3, -0.25) is 4.90 Å². The third kappa shape index (κ3) is 2.57. The minimum absolute atomic E-state index is 0.690. The lowest BCUT2D eigenvalue weighted by molar-refractivity contribution is 0.225. The van der Waals surface area contributed by atoms with Crippen LogP contribution >= 0.6 is 0 Å². The summed E-state index contributed by atoms with van der Waals surface area (Å²) >= 11 is 0. The Balaban J connectivity index is 1.73. The molecule has 1 saturated carbocycles. The van der Waals surface area contributed by atoms with Gasteiger partial charge in [0.2, 0.25) is 0 Å². The highest BCUT2D eigenvalue weighted by atomic mass is 16.3. The fourth-order valence-corrected chi connectivity index (χ4v) is 2.25. The van der Waals surface area contributed by atoms with Crippen molar-refractivity contribution in [3.05, 3.63) is 54.0 Å². The van der Waals surface area contributed by atoms with Gasteiger partial charge in [-0.15, -0.1) is 0 Å². The van der Waals surface area contributed by atoms with E-state index in [0.717, 1.165) is 24.5 Å². The van der Waals surface area contributed by atoms with E-state index in [9.17, 15) is 0 Å². The standard InChI is InChI=1S/C15H18N2O/c16-15-6-2-1-4-12(15)10-17(13-7-8-13)11-14-5-3-9-18-14/h1-6,9,13H,7-8,10-11,16H2. The maximum absolute atomic E-state index is 6.01. The molecule has 94 valence electrons. The van der Waals surface area contributed by atoms with Crippen LogP contribution in [0.15, 0.2) is 47.1 Å². The average Bonchev–Trinajstić information content (AvgIpc) is 3.10. The second-order valence-corrected chi connectivity index (χ2v) is 4.91. The molecule has 1 aromatic heterocycles. The number of nitrogen functional groups attached to an aromatic ring is 1. The van der Waals surface area contributed by atoms with Crippen molar-refractivity contribution in [1.82, 2.24) is 4.90 Å². The molecule has 1 aliphatic rings. The normalized spacial score (nSPS) is 15.2. The molecule has 0 atom stereocenters. The smallest absolute Gasteiger partial charge is 0.117 e. The first kappa shape index (κ1) is 11.4. The van der Waals surface area contributed by atoms with Gasteiger partial charge in [-0.25, -0.2) is 0 Å². The van der Waals surface area contributed by atoms with Gasteiger partial charge in [0.25, 0.3) is 0 Å². The van der Waals surface area contributed by atoms with Gasteiger partial charge in [-0.1, -0.05) is 18.2 Å². The third-order valence-electron chi connectivity index (χ3n) is 3.43. The highest BCUT2D eigenvalue weighted by Crippen LogP contribution is 2.30. The van der Waals surface area contributed by atoms with Crippen molar-refractivity contribution in [3.8, 4) is 0 Å². The minimum atomic E-state index is 0.690. The van der Waals surface area contributed by atoms with Crippen LogP contribution in [0.5, 0.6) is 0 Å². The first-order chi connectivity index (χ1) is 8.83. The van der Waals surface area contributed by atoms with E-state index in [1.165, 1.54) is 18.4 Å². The molecule has 0 aliphatic heterocycles. The molecule has 0 bridgehead atoms. The molecule has 0 radical (unpaired) electrons. The van der Waals surface area contributed by atoms with Crippen LogP contribution < -0.4 is 5.73 Å². The summed E-state index contributed by atoms with van der Waals surface area (Å²) in [4.78, 5) is 2.45. The molecular weight excluding hydrogens is 224 g/mol. The first-order valence-corrected chi connectivity index (χ1v) is 6.43. The quantitative estimate of drug-likeness (QED) is 0.819. The van der Waals surface area contributed by atoms with Gasteiger partial charge in [-0.2, -0.15) is 0 Å². The Morgan fingerprint density at radius 3 is 2.61 bits per heavy atom. The van der Waals surface area contributed by atoms with Crippen molar-refractivity contribution in [2.24, 2.45) is 0 Å². The van der Waals surface area contributed by atoms with Crippen LogP contribution in [-0.4, -0.2) is 10.9 Å². The van der Waals surface area contributed by atoms with Crippen molar-refractivity contribution >= 4 is 5.69 Å². The summed E-state index contributed by atoms with van der Waals surface area (Å²) in [7, 11) is 0. The molecule has 3 heteroatoms. The summed E-state index contributed by atoms with van der Waals surface area (Å²) in [5.74, 6) is 1.02. The van der Waals surface area contributed by atoms with Crippen LogP contribution in [0, 0.1) is 0 Å². The number of anilines is 1. The topological polar surface area (TPSA) is 42.4 Å². The summed E-state index contributed by atoms with van der Waals surface area (Å²) in [6.45, 7) is 1.77. The highest BCUT2D eigenvalue weighted by molar-refractivity contribution is 5.46. The zero-order chi connectivity index (χ0) is 12.4. The number of rotatable bonds is 5. The summed E-state index contributed by atoms with van der Waals surface area (Å²) in [5.41, 5.74) is 8.09.